The maximum atomic E-state index is 8.89. The SMILES string of the molecule is Cc1nc(N2CCCCC2CN)ccc1C#N. The highest BCUT2D eigenvalue weighted by atomic mass is 15.2. The number of nitrogens with two attached hydrogens (primary N) is 1. The molecule has 0 aromatic carbocycles. The lowest BCUT2D eigenvalue weighted by molar-refractivity contribution is 0.462. The first kappa shape index (κ1) is 11.9. The number of aryl methyl sites for hydroxylation is 1. The number of hydrogen-bond acceptors (Lipinski definition) is 4. The quantitative estimate of drug-likeness (QED) is 0.837. The highest BCUT2D eigenvalue weighted by Crippen LogP contribution is 2.23. The summed E-state index contributed by atoms with van der Waals surface area (Å²) in [5.74, 6) is 0.955. The highest BCUT2D eigenvalue weighted by Gasteiger charge is 2.22. The number of pyridine rings is 1. The summed E-state index contributed by atoms with van der Waals surface area (Å²) >= 11 is 0. The van der Waals surface area contributed by atoms with E-state index < -0.39 is 0 Å². The summed E-state index contributed by atoms with van der Waals surface area (Å²) in [6.07, 6.45) is 3.57. The zero-order valence-corrected chi connectivity index (χ0v) is 10.2. The molecular weight excluding hydrogens is 212 g/mol. The average molecular weight is 230 g/mol. The first-order chi connectivity index (χ1) is 8.26. The van der Waals surface area contributed by atoms with Crippen molar-refractivity contribution in [3.63, 3.8) is 0 Å². The van der Waals surface area contributed by atoms with E-state index in [-0.39, 0.29) is 0 Å². The van der Waals surface area contributed by atoms with Crippen LogP contribution in [0.25, 0.3) is 0 Å². The van der Waals surface area contributed by atoms with Crippen LogP contribution in [-0.4, -0.2) is 24.1 Å². The molecule has 1 fully saturated rings. The topological polar surface area (TPSA) is 65.9 Å². The van der Waals surface area contributed by atoms with Crippen molar-refractivity contribution in [2.24, 2.45) is 5.73 Å². The molecule has 1 atom stereocenters. The number of aromatic nitrogens is 1. The Morgan fingerprint density at radius 1 is 1.53 bits per heavy atom. The molecule has 2 rings (SSSR count). The van der Waals surface area contributed by atoms with Crippen molar-refractivity contribution in [2.45, 2.75) is 32.2 Å². The molecule has 1 saturated heterocycles. The Bertz CT molecular complexity index is 436. The van der Waals surface area contributed by atoms with E-state index in [1.807, 2.05) is 19.1 Å². The lowest BCUT2D eigenvalue weighted by Gasteiger charge is -2.36. The second kappa shape index (κ2) is 5.15. The van der Waals surface area contributed by atoms with Gasteiger partial charge in [0.2, 0.25) is 0 Å². The van der Waals surface area contributed by atoms with Crippen LogP contribution in [0.1, 0.15) is 30.5 Å². The summed E-state index contributed by atoms with van der Waals surface area (Å²) in [5.41, 5.74) is 7.25. The second-order valence-corrected chi connectivity index (χ2v) is 4.49. The Hall–Kier alpha value is -1.60. The lowest BCUT2D eigenvalue weighted by Crippen LogP contribution is -2.44. The van der Waals surface area contributed by atoms with Crippen molar-refractivity contribution >= 4 is 5.82 Å². The normalized spacial score (nSPS) is 20.1. The highest BCUT2D eigenvalue weighted by molar-refractivity contribution is 5.46. The fourth-order valence-corrected chi connectivity index (χ4v) is 2.37. The number of nitrogens with zero attached hydrogens (tertiary/aromatic N) is 3. The summed E-state index contributed by atoms with van der Waals surface area (Å²) in [7, 11) is 0. The molecule has 1 aliphatic rings. The molecule has 1 unspecified atom stereocenters. The first-order valence-electron chi connectivity index (χ1n) is 6.10. The van der Waals surface area contributed by atoms with Gasteiger partial charge in [-0.25, -0.2) is 4.98 Å². The standard InChI is InChI=1S/C13H18N4/c1-10-11(8-14)5-6-13(16-10)17-7-3-2-4-12(17)9-15/h5-6,12H,2-4,7,9,15H2,1H3. The third-order valence-corrected chi connectivity index (χ3v) is 3.39. The van der Waals surface area contributed by atoms with Gasteiger partial charge in [-0.2, -0.15) is 5.26 Å². The molecule has 0 amide bonds. The minimum absolute atomic E-state index is 0.392. The van der Waals surface area contributed by atoms with Gasteiger partial charge in [-0.05, 0) is 38.3 Å². The molecule has 2 N–H and O–H groups in total. The van der Waals surface area contributed by atoms with Gasteiger partial charge in [0.15, 0.2) is 0 Å². The molecule has 0 spiro atoms. The molecular formula is C13H18N4. The summed E-state index contributed by atoms with van der Waals surface area (Å²) < 4.78 is 0. The third kappa shape index (κ3) is 2.40. The molecule has 4 heteroatoms. The van der Waals surface area contributed by atoms with Crippen molar-refractivity contribution in [3.05, 3.63) is 23.4 Å². The van der Waals surface area contributed by atoms with Gasteiger partial charge in [0.05, 0.1) is 11.3 Å². The Balaban J connectivity index is 2.26. The minimum Gasteiger partial charge on any atom is -0.352 e. The number of nitriles is 1. The van der Waals surface area contributed by atoms with E-state index in [1.165, 1.54) is 12.8 Å². The molecule has 1 aromatic heterocycles. The maximum absolute atomic E-state index is 8.89. The van der Waals surface area contributed by atoms with E-state index in [9.17, 15) is 0 Å². The van der Waals surface area contributed by atoms with Crippen molar-refractivity contribution in [2.75, 3.05) is 18.0 Å². The fourth-order valence-electron chi connectivity index (χ4n) is 2.37. The molecule has 4 nitrogen and oxygen atoms in total. The molecule has 2 heterocycles. The van der Waals surface area contributed by atoms with Crippen molar-refractivity contribution in [1.82, 2.24) is 4.98 Å². The van der Waals surface area contributed by atoms with Gasteiger partial charge in [0.25, 0.3) is 0 Å². The zero-order chi connectivity index (χ0) is 12.3. The molecule has 1 aromatic rings. The number of piperidine rings is 1. The molecule has 90 valence electrons. The second-order valence-electron chi connectivity index (χ2n) is 4.49. The summed E-state index contributed by atoms with van der Waals surface area (Å²) in [6.45, 7) is 3.56. The van der Waals surface area contributed by atoms with Gasteiger partial charge in [0.1, 0.15) is 11.9 Å². The zero-order valence-electron chi connectivity index (χ0n) is 10.2. The van der Waals surface area contributed by atoms with Crippen molar-refractivity contribution < 1.29 is 0 Å². The van der Waals surface area contributed by atoms with Crippen LogP contribution in [0, 0.1) is 18.3 Å². The monoisotopic (exact) mass is 230 g/mol. The molecule has 0 radical (unpaired) electrons. The number of rotatable bonds is 2. The van der Waals surface area contributed by atoms with Gasteiger partial charge in [0, 0.05) is 19.1 Å². The van der Waals surface area contributed by atoms with Gasteiger partial charge >= 0.3 is 0 Å². The van der Waals surface area contributed by atoms with Gasteiger partial charge in [-0.3, -0.25) is 0 Å². The third-order valence-electron chi connectivity index (χ3n) is 3.39. The summed E-state index contributed by atoms with van der Waals surface area (Å²) in [6, 6.07) is 6.31. The molecule has 0 saturated carbocycles. The summed E-state index contributed by atoms with van der Waals surface area (Å²) in [4.78, 5) is 6.79. The van der Waals surface area contributed by atoms with Crippen LogP contribution in [0.5, 0.6) is 0 Å². The van der Waals surface area contributed by atoms with Crippen molar-refractivity contribution in [3.8, 4) is 6.07 Å². The molecule has 1 aliphatic heterocycles. The maximum Gasteiger partial charge on any atom is 0.129 e. The lowest BCUT2D eigenvalue weighted by atomic mass is 10.0. The Morgan fingerprint density at radius 2 is 2.35 bits per heavy atom. The molecule has 0 bridgehead atoms. The van der Waals surface area contributed by atoms with Crippen LogP contribution < -0.4 is 10.6 Å². The van der Waals surface area contributed by atoms with Gasteiger partial charge in [-0.1, -0.05) is 0 Å². The smallest absolute Gasteiger partial charge is 0.129 e. The van der Waals surface area contributed by atoms with Crippen molar-refractivity contribution in [1.29, 1.82) is 5.26 Å². The van der Waals surface area contributed by atoms with Crippen LogP contribution in [0.3, 0.4) is 0 Å². The Kier molecular flexibility index (Phi) is 3.60. The van der Waals surface area contributed by atoms with E-state index in [0.29, 0.717) is 18.2 Å². The van der Waals surface area contributed by atoms with Gasteiger partial charge in [-0.15, -0.1) is 0 Å². The average Bonchev–Trinajstić information content (AvgIpc) is 2.38. The predicted molar refractivity (Wildman–Crippen MR) is 67.7 cm³/mol. The number of anilines is 1. The van der Waals surface area contributed by atoms with Crippen LogP contribution in [-0.2, 0) is 0 Å². The van der Waals surface area contributed by atoms with E-state index >= 15 is 0 Å². The fraction of sp³-hybridized carbons (Fsp3) is 0.538. The molecule has 17 heavy (non-hydrogen) atoms. The van der Waals surface area contributed by atoms with Crippen LogP contribution in [0.4, 0.5) is 5.82 Å². The van der Waals surface area contributed by atoms with Crippen LogP contribution >= 0.6 is 0 Å². The van der Waals surface area contributed by atoms with Crippen LogP contribution in [0.2, 0.25) is 0 Å². The van der Waals surface area contributed by atoms with E-state index in [0.717, 1.165) is 24.5 Å². The van der Waals surface area contributed by atoms with E-state index in [4.69, 9.17) is 11.0 Å². The predicted octanol–water partition coefficient (Wildman–Crippen LogP) is 1.58. The van der Waals surface area contributed by atoms with E-state index in [1.54, 1.807) is 0 Å². The number of hydrogen-bond donors (Lipinski definition) is 1. The Morgan fingerprint density at radius 3 is 3.00 bits per heavy atom. The minimum atomic E-state index is 0.392. The molecule has 0 aliphatic carbocycles. The van der Waals surface area contributed by atoms with E-state index in [2.05, 4.69) is 16.0 Å². The van der Waals surface area contributed by atoms with Gasteiger partial charge < -0.3 is 10.6 Å². The van der Waals surface area contributed by atoms with Crippen LogP contribution in [0.15, 0.2) is 12.1 Å². The first-order valence-corrected chi connectivity index (χ1v) is 6.10. The largest absolute Gasteiger partial charge is 0.352 e. The Labute approximate surface area is 102 Å². The summed E-state index contributed by atoms with van der Waals surface area (Å²) in [5, 5.41) is 8.89.